The zero-order valence-electron chi connectivity index (χ0n) is 15.9. The van der Waals surface area contributed by atoms with Crippen molar-refractivity contribution in [3.63, 3.8) is 0 Å². The second-order valence-corrected chi connectivity index (χ2v) is 7.27. The molecule has 0 unspecified atom stereocenters. The van der Waals surface area contributed by atoms with Crippen LogP contribution in [-0.4, -0.2) is 30.6 Å². The average molecular weight is 488 g/mol. The van der Waals surface area contributed by atoms with Gasteiger partial charge in [0.1, 0.15) is 11.5 Å². The first kappa shape index (κ1) is 21.5. The Hall–Kier alpha value is -3.17. The van der Waals surface area contributed by atoms with Crippen LogP contribution in [0.2, 0.25) is 0 Å². The van der Waals surface area contributed by atoms with E-state index in [1.807, 2.05) is 30.3 Å². The number of benzene rings is 3. The number of carbonyl (C=O) groups is 2. The molecule has 30 heavy (non-hydrogen) atoms. The Morgan fingerprint density at radius 3 is 2.47 bits per heavy atom. The van der Waals surface area contributed by atoms with Crippen molar-refractivity contribution in [2.45, 2.75) is 0 Å². The number of hydrogen-bond acceptors (Lipinski definition) is 5. The number of rotatable bonds is 5. The number of thiocarbonyl (C=S) groups is 1. The van der Waals surface area contributed by atoms with Crippen LogP contribution < -0.4 is 25.6 Å². The minimum Gasteiger partial charge on any atom is -0.497 e. The van der Waals surface area contributed by atoms with Crippen LogP contribution in [0, 0.1) is 0 Å². The van der Waals surface area contributed by atoms with E-state index in [2.05, 4.69) is 32.1 Å². The predicted octanol–water partition coefficient (Wildman–Crippen LogP) is 3.33. The van der Waals surface area contributed by atoms with Crippen LogP contribution in [0.25, 0.3) is 10.8 Å². The van der Waals surface area contributed by atoms with Gasteiger partial charge in [0.25, 0.3) is 11.8 Å². The molecule has 3 N–H and O–H groups in total. The molecule has 0 fully saturated rings. The van der Waals surface area contributed by atoms with E-state index in [0.29, 0.717) is 17.1 Å². The van der Waals surface area contributed by atoms with E-state index in [9.17, 15) is 9.59 Å². The normalized spacial score (nSPS) is 10.2. The van der Waals surface area contributed by atoms with Gasteiger partial charge in [0.05, 0.1) is 11.6 Å². The summed E-state index contributed by atoms with van der Waals surface area (Å²) in [6, 6.07) is 18.0. The highest BCUT2D eigenvalue weighted by Gasteiger charge is 2.11. The van der Waals surface area contributed by atoms with E-state index >= 15 is 0 Å². The molecule has 0 aliphatic heterocycles. The molecule has 0 aliphatic carbocycles. The van der Waals surface area contributed by atoms with Crippen LogP contribution >= 0.6 is 28.1 Å². The highest BCUT2D eigenvalue weighted by Crippen LogP contribution is 2.32. The fourth-order valence-corrected chi connectivity index (χ4v) is 3.36. The third kappa shape index (κ3) is 5.46. The van der Waals surface area contributed by atoms with E-state index < -0.39 is 11.8 Å². The van der Waals surface area contributed by atoms with Crippen LogP contribution in [0.1, 0.15) is 10.4 Å². The highest BCUT2D eigenvalue weighted by molar-refractivity contribution is 9.10. The molecule has 9 heteroatoms. The number of nitrogens with one attached hydrogen (secondary N) is 3. The van der Waals surface area contributed by atoms with E-state index in [0.717, 1.165) is 15.2 Å². The lowest BCUT2D eigenvalue weighted by molar-refractivity contribution is -0.121. The maximum Gasteiger partial charge on any atom is 0.269 e. The van der Waals surface area contributed by atoms with Gasteiger partial charge in [0.15, 0.2) is 11.7 Å². The molecule has 154 valence electrons. The third-order valence-corrected chi connectivity index (χ3v) is 5.10. The summed E-state index contributed by atoms with van der Waals surface area (Å²) in [6.07, 6.45) is 0. The molecule has 0 atom stereocenters. The number of hydrazine groups is 1. The number of methoxy groups -OCH3 is 1. The fraction of sp³-hybridized carbons (Fsp3) is 0.0952. The molecule has 0 aromatic heterocycles. The highest BCUT2D eigenvalue weighted by atomic mass is 79.9. The van der Waals surface area contributed by atoms with Crippen molar-refractivity contribution < 1.29 is 19.1 Å². The number of hydrogen-bond donors (Lipinski definition) is 3. The predicted molar refractivity (Wildman–Crippen MR) is 121 cm³/mol. The summed E-state index contributed by atoms with van der Waals surface area (Å²) in [5.41, 5.74) is 5.29. The lowest BCUT2D eigenvalue weighted by atomic mass is 10.1. The van der Waals surface area contributed by atoms with Gasteiger partial charge in [-0.15, -0.1) is 0 Å². The quantitative estimate of drug-likeness (QED) is 0.377. The van der Waals surface area contributed by atoms with Gasteiger partial charge in [0.2, 0.25) is 0 Å². The molecule has 0 bridgehead atoms. The second kappa shape index (κ2) is 10.0. The number of amides is 2. The summed E-state index contributed by atoms with van der Waals surface area (Å²) < 4.78 is 11.4. The zero-order valence-corrected chi connectivity index (χ0v) is 18.3. The van der Waals surface area contributed by atoms with Gasteiger partial charge in [0, 0.05) is 5.56 Å². The van der Waals surface area contributed by atoms with Gasteiger partial charge < -0.3 is 9.47 Å². The first-order valence-corrected chi connectivity index (χ1v) is 10.0. The minimum atomic E-state index is -0.466. The summed E-state index contributed by atoms with van der Waals surface area (Å²) in [4.78, 5) is 24.2. The minimum absolute atomic E-state index is 0.0527. The molecule has 0 aliphatic rings. The Morgan fingerprint density at radius 1 is 1.00 bits per heavy atom. The zero-order chi connectivity index (χ0) is 21.5. The molecule has 3 aromatic rings. The van der Waals surface area contributed by atoms with Crippen molar-refractivity contribution in [2.75, 3.05) is 13.7 Å². The molecule has 0 heterocycles. The molecular formula is C21H18BrN3O4S. The van der Waals surface area contributed by atoms with Crippen molar-refractivity contribution in [3.05, 3.63) is 70.7 Å². The van der Waals surface area contributed by atoms with Gasteiger partial charge in [-0.05, 0) is 69.3 Å². The van der Waals surface area contributed by atoms with Gasteiger partial charge >= 0.3 is 0 Å². The van der Waals surface area contributed by atoms with E-state index in [4.69, 9.17) is 21.7 Å². The van der Waals surface area contributed by atoms with E-state index in [1.165, 1.54) is 0 Å². The number of ether oxygens (including phenoxy) is 2. The van der Waals surface area contributed by atoms with Gasteiger partial charge in [-0.2, -0.15) is 0 Å². The standard InChI is InChI=1S/C21H18BrN3O4S/c1-28-15-9-6-14(7-10-15)20(27)24-25-21(30)23-18(26)12-29-17-11-8-13-4-2-3-5-16(13)19(17)22/h2-11H,12H2,1H3,(H,24,27)(H2,23,25,26,30). The maximum absolute atomic E-state index is 12.1. The van der Waals surface area contributed by atoms with Gasteiger partial charge in [-0.3, -0.25) is 25.8 Å². The van der Waals surface area contributed by atoms with Crippen molar-refractivity contribution >= 4 is 55.8 Å². The van der Waals surface area contributed by atoms with E-state index in [1.54, 1.807) is 37.4 Å². The Morgan fingerprint density at radius 2 is 1.73 bits per heavy atom. The van der Waals surface area contributed by atoms with Crippen LogP contribution in [0.5, 0.6) is 11.5 Å². The van der Waals surface area contributed by atoms with Crippen LogP contribution in [0.15, 0.2) is 65.1 Å². The summed E-state index contributed by atoms with van der Waals surface area (Å²) in [7, 11) is 1.54. The van der Waals surface area contributed by atoms with Crippen molar-refractivity contribution in [1.29, 1.82) is 0 Å². The topological polar surface area (TPSA) is 88.7 Å². The lowest BCUT2D eigenvalue weighted by Gasteiger charge is -2.12. The Bertz CT molecular complexity index is 1090. The third-order valence-electron chi connectivity index (χ3n) is 4.08. The summed E-state index contributed by atoms with van der Waals surface area (Å²) in [6.45, 7) is -0.245. The van der Waals surface area contributed by atoms with Crippen LogP contribution in [-0.2, 0) is 4.79 Å². The summed E-state index contributed by atoms with van der Waals surface area (Å²) >= 11 is 8.52. The molecule has 0 spiro atoms. The van der Waals surface area contributed by atoms with Crippen LogP contribution in [0.4, 0.5) is 0 Å². The number of carbonyl (C=O) groups excluding carboxylic acids is 2. The lowest BCUT2D eigenvalue weighted by Crippen LogP contribution is -2.49. The van der Waals surface area contributed by atoms with Gasteiger partial charge in [-0.1, -0.05) is 30.3 Å². The summed E-state index contributed by atoms with van der Waals surface area (Å²) in [5, 5.41) is 4.42. The second-order valence-electron chi connectivity index (χ2n) is 6.07. The fourth-order valence-electron chi connectivity index (χ4n) is 2.59. The molecule has 2 amide bonds. The maximum atomic E-state index is 12.1. The first-order valence-electron chi connectivity index (χ1n) is 8.82. The Balaban J connectivity index is 1.47. The smallest absolute Gasteiger partial charge is 0.269 e. The average Bonchev–Trinajstić information content (AvgIpc) is 2.77. The van der Waals surface area contributed by atoms with Crippen molar-refractivity contribution in [2.24, 2.45) is 0 Å². The van der Waals surface area contributed by atoms with E-state index in [-0.39, 0.29) is 11.7 Å². The Labute approximate surface area is 186 Å². The largest absolute Gasteiger partial charge is 0.497 e. The van der Waals surface area contributed by atoms with Gasteiger partial charge in [-0.25, -0.2) is 0 Å². The number of fused-ring (bicyclic) bond motifs is 1. The molecule has 3 rings (SSSR count). The number of halogens is 1. The summed E-state index contributed by atoms with van der Waals surface area (Å²) in [5.74, 6) is 0.299. The SMILES string of the molecule is COc1ccc(C(=O)NNC(=S)NC(=O)COc2ccc3ccccc3c2Br)cc1. The Kier molecular flexibility index (Phi) is 7.21. The van der Waals surface area contributed by atoms with Crippen molar-refractivity contribution in [3.8, 4) is 11.5 Å². The molecule has 3 aromatic carbocycles. The first-order chi connectivity index (χ1) is 14.5. The molecule has 0 saturated carbocycles. The van der Waals surface area contributed by atoms with Crippen molar-refractivity contribution in [1.82, 2.24) is 16.2 Å². The van der Waals surface area contributed by atoms with Crippen LogP contribution in [0.3, 0.4) is 0 Å². The molecule has 0 radical (unpaired) electrons. The molecular weight excluding hydrogens is 470 g/mol. The monoisotopic (exact) mass is 487 g/mol. The molecule has 7 nitrogen and oxygen atoms in total. The molecule has 0 saturated heterocycles.